The highest BCUT2D eigenvalue weighted by Crippen LogP contribution is 1.95. The van der Waals surface area contributed by atoms with Crippen molar-refractivity contribution in [2.45, 2.75) is 6.92 Å². The van der Waals surface area contributed by atoms with Gasteiger partial charge in [0.15, 0.2) is 0 Å². The highest BCUT2D eigenvalue weighted by molar-refractivity contribution is 5.91. The Hall–Kier alpha value is -1.40. The van der Waals surface area contributed by atoms with E-state index < -0.39 is 5.91 Å². The van der Waals surface area contributed by atoms with Gasteiger partial charge < -0.3 is 5.73 Å². The Morgan fingerprint density at radius 2 is 2.29 bits per heavy atom. The van der Waals surface area contributed by atoms with Gasteiger partial charge in [-0.15, -0.1) is 12.4 Å². The summed E-state index contributed by atoms with van der Waals surface area (Å²) in [4.78, 5) is 23.3. The van der Waals surface area contributed by atoms with E-state index >= 15 is 0 Å². The van der Waals surface area contributed by atoms with Gasteiger partial charge in [-0.25, -0.2) is 15.4 Å². The Bertz CT molecular complexity index is 290. The van der Waals surface area contributed by atoms with Crippen molar-refractivity contribution in [1.29, 1.82) is 0 Å². The minimum atomic E-state index is -0.436. The van der Waals surface area contributed by atoms with Crippen LogP contribution in [0.4, 0.5) is 5.82 Å². The molecule has 1 rings (SSSR count). The van der Waals surface area contributed by atoms with Gasteiger partial charge in [0.25, 0.3) is 5.91 Å². The van der Waals surface area contributed by atoms with E-state index in [2.05, 4.69) is 20.3 Å². The number of hydroxylamine groups is 1. The van der Waals surface area contributed by atoms with Gasteiger partial charge in [-0.2, -0.15) is 0 Å². The summed E-state index contributed by atoms with van der Waals surface area (Å²) in [6, 6.07) is 0. The molecule has 0 unspecified atom stereocenters. The molecule has 0 aliphatic rings. The van der Waals surface area contributed by atoms with Crippen LogP contribution in [0, 0.1) is 0 Å². The normalized spacial score (nSPS) is 8.93. The van der Waals surface area contributed by atoms with Crippen LogP contribution in [0.25, 0.3) is 0 Å². The van der Waals surface area contributed by atoms with Crippen molar-refractivity contribution in [3.8, 4) is 0 Å². The first-order valence-electron chi connectivity index (χ1n) is 3.73. The Balaban J connectivity index is 0.00000169. The number of hydrogen-bond acceptors (Lipinski definition) is 5. The molecule has 78 valence electrons. The monoisotopic (exact) mass is 218 g/mol. The summed E-state index contributed by atoms with van der Waals surface area (Å²) in [5.74, 6) is -0.165. The van der Waals surface area contributed by atoms with Gasteiger partial charge in [0.05, 0.1) is 19.0 Å². The lowest BCUT2D eigenvalue weighted by Gasteiger charge is -2.01. The van der Waals surface area contributed by atoms with Gasteiger partial charge in [-0.05, 0) is 6.92 Å². The summed E-state index contributed by atoms with van der Waals surface area (Å²) in [5, 5.41) is 0. The molecule has 1 aromatic heterocycles. The first-order chi connectivity index (χ1) is 6.24. The Morgan fingerprint density at radius 3 is 2.79 bits per heavy atom. The van der Waals surface area contributed by atoms with Gasteiger partial charge >= 0.3 is 0 Å². The molecule has 1 aromatic rings. The number of carbonyl (C=O) groups excluding carboxylic acids is 1. The molecule has 0 atom stereocenters. The third kappa shape index (κ3) is 3.55. The number of hydrogen-bond donors (Lipinski definition) is 2. The van der Waals surface area contributed by atoms with E-state index in [9.17, 15) is 4.79 Å². The molecule has 0 fully saturated rings. The van der Waals surface area contributed by atoms with E-state index in [1.165, 1.54) is 12.4 Å². The number of nitrogens with two attached hydrogens (primary N) is 1. The van der Waals surface area contributed by atoms with Crippen LogP contribution in [-0.2, 0) is 4.84 Å². The van der Waals surface area contributed by atoms with Crippen LogP contribution < -0.4 is 11.2 Å². The van der Waals surface area contributed by atoms with E-state index in [0.29, 0.717) is 6.61 Å². The van der Waals surface area contributed by atoms with E-state index in [1.54, 1.807) is 6.92 Å². The summed E-state index contributed by atoms with van der Waals surface area (Å²) < 4.78 is 0. The molecule has 6 nitrogen and oxygen atoms in total. The quantitative estimate of drug-likeness (QED) is 0.706. The van der Waals surface area contributed by atoms with E-state index in [1.807, 2.05) is 0 Å². The van der Waals surface area contributed by atoms with E-state index in [4.69, 9.17) is 5.73 Å². The lowest BCUT2D eigenvalue weighted by molar-refractivity contribution is 0.0359. The summed E-state index contributed by atoms with van der Waals surface area (Å²) in [6.45, 7) is 2.16. The number of nitrogens with zero attached hydrogens (tertiary/aromatic N) is 2. The molecule has 0 bridgehead atoms. The average Bonchev–Trinajstić information content (AvgIpc) is 2.15. The van der Waals surface area contributed by atoms with Crippen LogP contribution in [-0.4, -0.2) is 22.5 Å². The second-order valence-electron chi connectivity index (χ2n) is 2.19. The number of halogens is 1. The molecule has 0 aliphatic heterocycles. The smallest absolute Gasteiger partial charge is 0.295 e. The molecule has 7 heteroatoms. The number of nitrogen functional groups attached to an aromatic ring is 1. The van der Waals surface area contributed by atoms with Crippen molar-refractivity contribution in [3.63, 3.8) is 0 Å². The Labute approximate surface area is 87.2 Å². The number of anilines is 1. The molecule has 0 radical (unpaired) electrons. The maximum absolute atomic E-state index is 11.1. The predicted molar refractivity (Wildman–Crippen MR) is 52.8 cm³/mol. The molecule has 0 saturated carbocycles. The maximum Gasteiger partial charge on any atom is 0.295 e. The minimum absolute atomic E-state index is 0. The molecule has 14 heavy (non-hydrogen) atoms. The van der Waals surface area contributed by atoms with Gasteiger partial charge in [-0.3, -0.25) is 9.63 Å². The van der Waals surface area contributed by atoms with Crippen LogP contribution >= 0.6 is 12.4 Å². The Morgan fingerprint density at radius 1 is 1.57 bits per heavy atom. The highest BCUT2D eigenvalue weighted by atomic mass is 35.5. The molecule has 3 N–H and O–H groups in total. The van der Waals surface area contributed by atoms with Crippen molar-refractivity contribution >= 4 is 24.1 Å². The van der Waals surface area contributed by atoms with Crippen molar-refractivity contribution in [2.24, 2.45) is 0 Å². The van der Waals surface area contributed by atoms with Crippen molar-refractivity contribution < 1.29 is 9.63 Å². The standard InChI is InChI=1S/C7H10N4O2.ClH/c1-2-13-11-7(12)5-3-10-6(8)4-9-5;/h3-4H,2H2,1H3,(H2,8,10)(H,11,12);1H. The highest BCUT2D eigenvalue weighted by Gasteiger charge is 2.06. The molecule has 0 aromatic carbocycles. The zero-order valence-electron chi connectivity index (χ0n) is 7.56. The first kappa shape index (κ1) is 12.6. The van der Waals surface area contributed by atoms with Crippen LogP contribution in [0.1, 0.15) is 17.4 Å². The van der Waals surface area contributed by atoms with Crippen molar-refractivity contribution in [1.82, 2.24) is 15.4 Å². The van der Waals surface area contributed by atoms with Crippen molar-refractivity contribution in [2.75, 3.05) is 12.3 Å². The van der Waals surface area contributed by atoms with Gasteiger partial charge in [0.2, 0.25) is 0 Å². The second kappa shape index (κ2) is 6.11. The molecular weight excluding hydrogens is 208 g/mol. The SMILES string of the molecule is CCONC(=O)c1cnc(N)cn1.Cl. The largest absolute Gasteiger partial charge is 0.382 e. The lowest BCUT2D eigenvalue weighted by Crippen LogP contribution is -2.24. The summed E-state index contributed by atoms with van der Waals surface area (Å²) >= 11 is 0. The average molecular weight is 219 g/mol. The lowest BCUT2D eigenvalue weighted by atomic mass is 10.4. The molecule has 1 heterocycles. The molecule has 0 aliphatic carbocycles. The molecule has 0 saturated heterocycles. The third-order valence-corrected chi connectivity index (χ3v) is 1.21. The van der Waals surface area contributed by atoms with Gasteiger partial charge in [0, 0.05) is 0 Å². The number of rotatable bonds is 3. The zero-order valence-corrected chi connectivity index (χ0v) is 8.37. The van der Waals surface area contributed by atoms with Gasteiger partial charge in [0.1, 0.15) is 11.5 Å². The van der Waals surface area contributed by atoms with Crippen molar-refractivity contribution in [3.05, 3.63) is 18.1 Å². The van der Waals surface area contributed by atoms with Gasteiger partial charge in [-0.1, -0.05) is 0 Å². The number of nitrogens with one attached hydrogen (secondary N) is 1. The first-order valence-corrected chi connectivity index (χ1v) is 3.73. The third-order valence-electron chi connectivity index (χ3n) is 1.21. The van der Waals surface area contributed by atoms with E-state index in [0.717, 1.165) is 0 Å². The zero-order chi connectivity index (χ0) is 9.68. The topological polar surface area (TPSA) is 90.1 Å². The second-order valence-corrected chi connectivity index (χ2v) is 2.19. The van der Waals surface area contributed by atoms with Crippen LogP contribution in [0.5, 0.6) is 0 Å². The molecular formula is C7H11ClN4O2. The summed E-state index contributed by atoms with van der Waals surface area (Å²) in [7, 11) is 0. The van der Waals surface area contributed by atoms with Crippen LogP contribution in [0.2, 0.25) is 0 Å². The van der Waals surface area contributed by atoms with Crippen LogP contribution in [0.15, 0.2) is 12.4 Å². The predicted octanol–water partition coefficient (Wildman–Crippen LogP) is 0.162. The minimum Gasteiger partial charge on any atom is -0.382 e. The fourth-order valence-electron chi connectivity index (χ4n) is 0.645. The van der Waals surface area contributed by atoms with E-state index in [-0.39, 0.29) is 23.9 Å². The number of amides is 1. The number of carbonyl (C=O) groups is 1. The molecule has 0 spiro atoms. The summed E-state index contributed by atoms with van der Waals surface area (Å²) in [5.41, 5.74) is 7.65. The fourth-order valence-corrected chi connectivity index (χ4v) is 0.645. The Kier molecular flexibility index (Phi) is 5.50. The summed E-state index contributed by atoms with van der Waals surface area (Å²) in [6.07, 6.45) is 2.59. The van der Waals surface area contributed by atoms with Crippen LogP contribution in [0.3, 0.4) is 0 Å². The molecule has 1 amide bonds. The fraction of sp³-hybridized carbons (Fsp3) is 0.286. The number of aromatic nitrogens is 2. The maximum atomic E-state index is 11.1.